The van der Waals surface area contributed by atoms with E-state index in [9.17, 15) is 14.7 Å². The van der Waals surface area contributed by atoms with Crippen LogP contribution in [0.5, 0.6) is 0 Å². The molecule has 0 unspecified atom stereocenters. The van der Waals surface area contributed by atoms with E-state index in [1.54, 1.807) is 6.08 Å². The van der Waals surface area contributed by atoms with Crippen molar-refractivity contribution in [2.45, 2.75) is 59.2 Å². The predicted octanol–water partition coefficient (Wildman–Crippen LogP) is 4.31. The molecule has 3 atom stereocenters. The fraction of sp³-hybridized carbons (Fsp3) is 0.500. The molecule has 0 radical (unpaired) electrons. The minimum atomic E-state index is -1.50. The van der Waals surface area contributed by atoms with Gasteiger partial charge in [-0.15, -0.1) is 0 Å². The maximum atomic E-state index is 12.6. The van der Waals surface area contributed by atoms with Crippen molar-refractivity contribution in [2.24, 2.45) is 11.3 Å². The summed E-state index contributed by atoms with van der Waals surface area (Å²) >= 11 is 0. The standard InChI is InChI=1S/C24H30O5/c1-5-19-14-24(27)23(4,12-17(19)3)13-20(22(26)29-24)11-16(2)7-6-8-18-9-10-21(25)28-15-18/h8-13,19,27H,5-7,14-15H2,1-4H3/b16-11+,18-8?/t19-,23+,24+/m0/s1. The van der Waals surface area contributed by atoms with Gasteiger partial charge in [-0.2, -0.15) is 0 Å². The van der Waals surface area contributed by atoms with E-state index < -0.39 is 17.2 Å². The molecule has 0 saturated heterocycles. The number of esters is 2. The quantitative estimate of drug-likeness (QED) is 0.552. The molecule has 3 aliphatic rings. The summed E-state index contributed by atoms with van der Waals surface area (Å²) in [5.41, 5.74) is 2.98. The van der Waals surface area contributed by atoms with Gasteiger partial charge in [-0.05, 0) is 63.7 Å². The molecule has 0 aromatic carbocycles. The highest BCUT2D eigenvalue weighted by atomic mass is 16.7. The van der Waals surface area contributed by atoms with Crippen LogP contribution in [0.1, 0.15) is 53.4 Å². The Morgan fingerprint density at radius 2 is 2.07 bits per heavy atom. The summed E-state index contributed by atoms with van der Waals surface area (Å²) in [6.07, 6.45) is 13.8. The maximum Gasteiger partial charge on any atom is 0.340 e. The van der Waals surface area contributed by atoms with Crippen molar-refractivity contribution < 1.29 is 24.2 Å². The number of rotatable bonds is 5. The fourth-order valence-corrected chi connectivity index (χ4v) is 4.26. The first kappa shape index (κ1) is 21.3. The molecule has 0 spiro atoms. The van der Waals surface area contributed by atoms with E-state index in [1.807, 2.05) is 38.2 Å². The molecule has 1 aliphatic carbocycles. The van der Waals surface area contributed by atoms with E-state index in [1.165, 1.54) is 11.6 Å². The van der Waals surface area contributed by atoms with Crippen molar-refractivity contribution >= 4 is 11.9 Å². The molecule has 156 valence electrons. The Morgan fingerprint density at radius 3 is 2.72 bits per heavy atom. The molecule has 5 nitrogen and oxygen atoms in total. The van der Waals surface area contributed by atoms with Crippen molar-refractivity contribution in [3.63, 3.8) is 0 Å². The van der Waals surface area contributed by atoms with Crippen molar-refractivity contribution in [1.82, 2.24) is 0 Å². The van der Waals surface area contributed by atoms with E-state index in [0.29, 0.717) is 18.6 Å². The van der Waals surface area contributed by atoms with Gasteiger partial charge in [0.15, 0.2) is 0 Å². The summed E-state index contributed by atoms with van der Waals surface area (Å²) in [5.74, 6) is -2.07. The van der Waals surface area contributed by atoms with Crippen LogP contribution in [-0.4, -0.2) is 29.4 Å². The van der Waals surface area contributed by atoms with Crippen molar-refractivity contribution in [2.75, 3.05) is 6.61 Å². The summed E-state index contributed by atoms with van der Waals surface area (Å²) in [7, 11) is 0. The number of fused-ring (bicyclic) bond motifs is 1. The molecule has 0 fully saturated rings. The second-order valence-electron chi connectivity index (χ2n) is 8.50. The Kier molecular flexibility index (Phi) is 5.99. The second-order valence-corrected chi connectivity index (χ2v) is 8.50. The lowest BCUT2D eigenvalue weighted by atomic mass is 9.66. The van der Waals surface area contributed by atoms with Crippen LogP contribution in [0.3, 0.4) is 0 Å². The van der Waals surface area contributed by atoms with Crippen LogP contribution in [0.4, 0.5) is 0 Å². The number of hydrogen-bond acceptors (Lipinski definition) is 5. The zero-order chi connectivity index (χ0) is 21.2. The first-order chi connectivity index (χ1) is 13.7. The van der Waals surface area contributed by atoms with Crippen LogP contribution in [0.25, 0.3) is 0 Å². The number of ether oxygens (including phenoxy) is 2. The molecule has 2 heterocycles. The molecule has 2 aliphatic heterocycles. The first-order valence-corrected chi connectivity index (χ1v) is 10.2. The number of cyclic esters (lactones) is 1. The lowest BCUT2D eigenvalue weighted by molar-refractivity contribution is -0.249. The topological polar surface area (TPSA) is 72.8 Å². The molecular formula is C24H30O5. The third-order valence-electron chi connectivity index (χ3n) is 6.14. The number of allylic oxidation sites excluding steroid dienone is 3. The normalized spacial score (nSPS) is 33.6. The minimum Gasteiger partial charge on any atom is -0.458 e. The highest BCUT2D eigenvalue weighted by Gasteiger charge is 2.54. The van der Waals surface area contributed by atoms with Crippen LogP contribution in [0, 0.1) is 11.3 Å². The Hall–Kier alpha value is -2.40. The van der Waals surface area contributed by atoms with Gasteiger partial charge in [0.2, 0.25) is 5.79 Å². The van der Waals surface area contributed by atoms with E-state index in [-0.39, 0.29) is 11.9 Å². The molecule has 0 aromatic rings. The summed E-state index contributed by atoms with van der Waals surface area (Å²) in [4.78, 5) is 23.6. The molecule has 0 amide bonds. The predicted molar refractivity (Wildman–Crippen MR) is 111 cm³/mol. The van der Waals surface area contributed by atoms with E-state index >= 15 is 0 Å². The van der Waals surface area contributed by atoms with Gasteiger partial charge in [-0.1, -0.05) is 36.3 Å². The van der Waals surface area contributed by atoms with Gasteiger partial charge >= 0.3 is 11.9 Å². The van der Waals surface area contributed by atoms with Gasteiger partial charge < -0.3 is 14.6 Å². The average molecular weight is 398 g/mol. The molecule has 29 heavy (non-hydrogen) atoms. The monoisotopic (exact) mass is 398 g/mol. The average Bonchev–Trinajstić information content (AvgIpc) is 2.65. The minimum absolute atomic E-state index is 0.217. The summed E-state index contributed by atoms with van der Waals surface area (Å²) in [5, 5.41) is 11.1. The van der Waals surface area contributed by atoms with Crippen LogP contribution < -0.4 is 0 Å². The molecule has 0 bridgehead atoms. The van der Waals surface area contributed by atoms with Gasteiger partial charge in [0.25, 0.3) is 0 Å². The zero-order valence-electron chi connectivity index (χ0n) is 17.7. The van der Waals surface area contributed by atoms with E-state index in [2.05, 4.69) is 13.8 Å². The van der Waals surface area contributed by atoms with Crippen LogP contribution in [0.15, 0.2) is 58.7 Å². The van der Waals surface area contributed by atoms with Gasteiger partial charge in [-0.25, -0.2) is 9.59 Å². The number of carbonyl (C=O) groups is 2. The Bertz CT molecular complexity index is 856. The van der Waals surface area contributed by atoms with Crippen LogP contribution in [0.2, 0.25) is 0 Å². The summed E-state index contributed by atoms with van der Waals surface area (Å²) < 4.78 is 10.5. The molecule has 0 aromatic heterocycles. The summed E-state index contributed by atoms with van der Waals surface area (Å²) in [6.45, 7) is 8.35. The Balaban J connectivity index is 1.75. The van der Waals surface area contributed by atoms with Gasteiger partial charge in [0.1, 0.15) is 6.61 Å². The highest BCUT2D eigenvalue weighted by Crippen LogP contribution is 2.50. The second kappa shape index (κ2) is 8.15. The maximum absolute atomic E-state index is 12.6. The number of hydrogen-bond donors (Lipinski definition) is 1. The molecule has 5 heteroatoms. The van der Waals surface area contributed by atoms with Gasteiger partial charge in [0, 0.05) is 12.5 Å². The van der Waals surface area contributed by atoms with Crippen molar-refractivity contribution in [1.29, 1.82) is 0 Å². The Morgan fingerprint density at radius 1 is 1.31 bits per heavy atom. The lowest BCUT2D eigenvalue weighted by Crippen LogP contribution is -2.54. The largest absolute Gasteiger partial charge is 0.458 e. The van der Waals surface area contributed by atoms with Gasteiger partial charge in [0.05, 0.1) is 11.0 Å². The van der Waals surface area contributed by atoms with Crippen molar-refractivity contribution in [3.8, 4) is 0 Å². The van der Waals surface area contributed by atoms with Gasteiger partial charge in [-0.3, -0.25) is 0 Å². The van der Waals surface area contributed by atoms with Crippen LogP contribution in [-0.2, 0) is 19.1 Å². The molecule has 0 saturated carbocycles. The number of aliphatic hydroxyl groups is 1. The fourth-order valence-electron chi connectivity index (χ4n) is 4.26. The SMILES string of the molecule is CC[C@H]1C[C@@]2(O)OC(=O)C(/C=C(\C)CCC=C3C=CC(=O)OC3)=C[C@@]2(C)C=C1C. The molecule has 1 N–H and O–H groups in total. The van der Waals surface area contributed by atoms with E-state index in [0.717, 1.165) is 30.4 Å². The van der Waals surface area contributed by atoms with E-state index in [4.69, 9.17) is 9.47 Å². The summed E-state index contributed by atoms with van der Waals surface area (Å²) in [6, 6.07) is 0. The Labute approximate surface area is 172 Å². The zero-order valence-corrected chi connectivity index (χ0v) is 17.7. The van der Waals surface area contributed by atoms with Crippen LogP contribution >= 0.6 is 0 Å². The lowest BCUT2D eigenvalue weighted by Gasteiger charge is -2.48. The number of carbonyl (C=O) groups excluding carboxylic acids is 2. The first-order valence-electron chi connectivity index (χ1n) is 10.2. The third-order valence-corrected chi connectivity index (χ3v) is 6.14. The highest BCUT2D eigenvalue weighted by molar-refractivity contribution is 5.93. The molecule has 3 rings (SSSR count). The molecular weight excluding hydrogens is 368 g/mol. The smallest absolute Gasteiger partial charge is 0.340 e. The van der Waals surface area contributed by atoms with Crippen molar-refractivity contribution in [3.05, 3.63) is 58.7 Å². The third kappa shape index (κ3) is 4.45.